The third-order valence-electron chi connectivity index (χ3n) is 9.97. The molecule has 1 amide bonds. The molecule has 8 atom stereocenters. The first-order valence-corrected chi connectivity index (χ1v) is 21.6. The quantitative estimate of drug-likeness (QED) is 0.0330. The van der Waals surface area contributed by atoms with Gasteiger partial charge in [-0.25, -0.2) is 4.57 Å². The van der Waals surface area contributed by atoms with Gasteiger partial charge in [-0.1, -0.05) is 149 Å². The van der Waals surface area contributed by atoms with Gasteiger partial charge in [0, 0.05) is 0 Å². The molecular weight excluding hydrogens is 681 g/mol. The molecule has 0 aromatic heterocycles. The van der Waals surface area contributed by atoms with E-state index in [-0.39, 0.29) is 12.8 Å². The Balaban J connectivity index is 2.61. The fourth-order valence-electron chi connectivity index (χ4n) is 6.60. The van der Waals surface area contributed by atoms with Crippen molar-refractivity contribution < 1.29 is 59.0 Å². The Morgan fingerprint density at radius 2 is 0.980 bits per heavy atom. The highest BCUT2D eigenvalue weighted by Crippen LogP contribution is 2.47. The molecule has 1 fully saturated rings. The van der Waals surface area contributed by atoms with Crippen molar-refractivity contribution in [3.63, 3.8) is 0 Å². The molecule has 8 unspecified atom stereocenters. The van der Waals surface area contributed by atoms with Crippen LogP contribution in [0.4, 0.5) is 0 Å². The lowest BCUT2D eigenvalue weighted by molar-refractivity contribution is -0.220. The zero-order valence-electron chi connectivity index (χ0n) is 31.5. The highest BCUT2D eigenvalue weighted by atomic mass is 31.2. The van der Waals surface area contributed by atoms with Gasteiger partial charge in [-0.2, -0.15) is 0 Å². The minimum Gasteiger partial charge on any atom is -0.393 e. The second-order valence-corrected chi connectivity index (χ2v) is 16.1. The number of rotatable bonds is 32. The molecule has 14 heteroatoms. The van der Waals surface area contributed by atoms with Gasteiger partial charge >= 0.3 is 7.82 Å². The van der Waals surface area contributed by atoms with Crippen LogP contribution >= 0.6 is 7.82 Å². The summed E-state index contributed by atoms with van der Waals surface area (Å²) >= 11 is 0. The first-order valence-electron chi connectivity index (χ1n) is 20.1. The van der Waals surface area contributed by atoms with Crippen LogP contribution in [0.15, 0.2) is 0 Å². The predicted octanol–water partition coefficient (Wildman–Crippen LogP) is 4.92. The van der Waals surface area contributed by atoms with Crippen molar-refractivity contribution in [2.75, 3.05) is 6.61 Å². The summed E-state index contributed by atoms with van der Waals surface area (Å²) in [5.74, 6) is -0.562. The number of unbranched alkanes of at least 4 members (excludes halogenated alkanes) is 19. The van der Waals surface area contributed by atoms with Crippen molar-refractivity contribution in [1.29, 1.82) is 0 Å². The number of hydrogen-bond acceptors (Lipinski definition) is 11. The van der Waals surface area contributed by atoms with Gasteiger partial charge in [0.15, 0.2) is 0 Å². The Kier molecular flexibility index (Phi) is 27.2. The highest BCUT2D eigenvalue weighted by Gasteiger charge is 2.51. The smallest absolute Gasteiger partial charge is 0.393 e. The monoisotopic (exact) mass is 755 g/mol. The number of amides is 1. The highest BCUT2D eigenvalue weighted by molar-refractivity contribution is 7.47. The molecule has 0 bridgehead atoms. The van der Waals surface area contributed by atoms with Gasteiger partial charge in [0.1, 0.15) is 36.6 Å². The maximum Gasteiger partial charge on any atom is 0.472 e. The van der Waals surface area contributed by atoms with Gasteiger partial charge in [0.25, 0.3) is 0 Å². The molecule has 0 aliphatic heterocycles. The Bertz CT molecular complexity index is 901. The topological polar surface area (TPSA) is 226 Å². The van der Waals surface area contributed by atoms with Gasteiger partial charge in [-0.3, -0.25) is 13.8 Å². The average molecular weight is 756 g/mol. The van der Waals surface area contributed by atoms with Gasteiger partial charge in [0.05, 0.1) is 31.3 Å². The third-order valence-corrected chi connectivity index (χ3v) is 11.0. The first-order chi connectivity index (χ1) is 24.3. The molecule has 0 aromatic rings. The van der Waals surface area contributed by atoms with Crippen molar-refractivity contribution in [3.05, 3.63) is 0 Å². The lowest BCUT2D eigenvalue weighted by Gasteiger charge is -2.41. The summed E-state index contributed by atoms with van der Waals surface area (Å²) in [6.45, 7) is 3.72. The summed E-state index contributed by atoms with van der Waals surface area (Å²) < 4.78 is 22.8. The van der Waals surface area contributed by atoms with E-state index < -0.39 is 75.2 Å². The number of carbonyl (C=O) groups excluding carboxylic acids is 1. The number of aliphatic hydroxyl groups excluding tert-OH is 7. The molecule has 0 radical (unpaired) electrons. The number of phosphoric acid groups is 1. The SMILES string of the molecule is CCCCCCCCCCCCCC(O)CC(=O)NC(COP(=O)(O)OC1C(O)C(O)C(O)C(O)C1O)C(O)CCCCCCCCCCCC. The molecule has 1 saturated carbocycles. The van der Waals surface area contributed by atoms with Gasteiger partial charge in [-0.05, 0) is 12.8 Å². The number of hydrogen-bond donors (Lipinski definition) is 9. The molecular formula is C37H74NO12P. The Morgan fingerprint density at radius 3 is 1.41 bits per heavy atom. The maximum absolute atomic E-state index is 12.9. The number of aliphatic hydroxyl groups is 7. The summed E-state index contributed by atoms with van der Waals surface area (Å²) in [4.78, 5) is 23.3. The minimum atomic E-state index is -5.10. The van der Waals surface area contributed by atoms with Gasteiger partial charge in [-0.15, -0.1) is 0 Å². The molecule has 1 aliphatic rings. The second kappa shape index (κ2) is 28.7. The molecule has 9 N–H and O–H groups in total. The van der Waals surface area contributed by atoms with Crippen LogP contribution in [0.25, 0.3) is 0 Å². The van der Waals surface area contributed by atoms with E-state index in [1.165, 1.54) is 77.0 Å². The third kappa shape index (κ3) is 21.7. The van der Waals surface area contributed by atoms with Crippen LogP contribution < -0.4 is 5.32 Å². The van der Waals surface area contributed by atoms with Crippen LogP contribution in [-0.4, -0.2) is 108 Å². The van der Waals surface area contributed by atoms with E-state index >= 15 is 0 Å². The maximum atomic E-state index is 12.9. The van der Waals surface area contributed by atoms with Gasteiger partial charge < -0.3 is 46.0 Å². The summed E-state index contributed by atoms with van der Waals surface area (Å²) in [6, 6.07) is -1.14. The molecule has 1 aliphatic carbocycles. The summed E-state index contributed by atoms with van der Waals surface area (Å²) in [6.07, 6.45) is 10.4. The van der Waals surface area contributed by atoms with Crippen LogP contribution in [0, 0.1) is 0 Å². The zero-order valence-corrected chi connectivity index (χ0v) is 32.4. The molecule has 0 saturated heterocycles. The number of phosphoric ester groups is 1. The van der Waals surface area contributed by atoms with Crippen LogP contribution in [0.3, 0.4) is 0 Å². The van der Waals surface area contributed by atoms with E-state index in [1.54, 1.807) is 0 Å². The molecule has 51 heavy (non-hydrogen) atoms. The Hall–Kier alpha value is -0.700. The van der Waals surface area contributed by atoms with Crippen LogP contribution in [-0.2, 0) is 18.4 Å². The molecule has 0 aromatic carbocycles. The van der Waals surface area contributed by atoms with E-state index in [0.29, 0.717) is 12.8 Å². The zero-order chi connectivity index (χ0) is 38.1. The fourth-order valence-corrected chi connectivity index (χ4v) is 7.56. The van der Waals surface area contributed by atoms with Crippen LogP contribution in [0.1, 0.15) is 168 Å². The second-order valence-electron chi connectivity index (χ2n) is 14.7. The summed E-state index contributed by atoms with van der Waals surface area (Å²) in [5.41, 5.74) is 0. The lowest BCUT2D eigenvalue weighted by Crippen LogP contribution is -2.64. The Morgan fingerprint density at radius 1 is 0.608 bits per heavy atom. The molecule has 0 spiro atoms. The first kappa shape index (κ1) is 48.3. The summed E-state index contributed by atoms with van der Waals surface area (Å²) in [5, 5.41) is 74.1. The van der Waals surface area contributed by atoms with Crippen LogP contribution in [0.5, 0.6) is 0 Å². The molecule has 1 rings (SSSR count). The van der Waals surface area contributed by atoms with Gasteiger partial charge in [0.2, 0.25) is 5.91 Å². The van der Waals surface area contributed by atoms with Crippen LogP contribution in [0.2, 0.25) is 0 Å². The van der Waals surface area contributed by atoms with E-state index in [2.05, 4.69) is 19.2 Å². The number of nitrogens with one attached hydrogen (secondary N) is 1. The lowest BCUT2D eigenvalue weighted by atomic mass is 9.85. The minimum absolute atomic E-state index is 0.217. The van der Waals surface area contributed by atoms with E-state index in [9.17, 15) is 50.0 Å². The fraction of sp³-hybridized carbons (Fsp3) is 0.973. The van der Waals surface area contributed by atoms with Crippen molar-refractivity contribution >= 4 is 13.7 Å². The normalized spacial score (nSPS) is 25.3. The molecule has 13 nitrogen and oxygen atoms in total. The predicted molar refractivity (Wildman–Crippen MR) is 197 cm³/mol. The van der Waals surface area contributed by atoms with Crippen molar-refractivity contribution in [2.24, 2.45) is 0 Å². The van der Waals surface area contributed by atoms with Crippen molar-refractivity contribution in [3.8, 4) is 0 Å². The van der Waals surface area contributed by atoms with Crippen molar-refractivity contribution in [1.82, 2.24) is 5.32 Å². The van der Waals surface area contributed by atoms with Crippen molar-refractivity contribution in [2.45, 2.75) is 223 Å². The van der Waals surface area contributed by atoms with E-state index in [4.69, 9.17) is 9.05 Å². The Labute approximate surface area is 307 Å². The largest absolute Gasteiger partial charge is 0.472 e. The number of carbonyl (C=O) groups is 1. The van der Waals surface area contributed by atoms with E-state index in [0.717, 1.165) is 51.4 Å². The standard InChI is InChI=1S/C37H74NO12P/c1-3-5-7-9-11-13-15-16-18-20-22-24-28(39)26-31(41)38-29(30(40)25-23-21-19-17-14-12-10-8-6-4-2)27-49-51(47,48)50-37-35(45)33(43)32(42)34(44)36(37)46/h28-30,32-37,39-40,42-46H,3-27H2,1-2H3,(H,38,41)(H,47,48). The average Bonchev–Trinajstić information content (AvgIpc) is 3.09. The molecule has 0 heterocycles. The van der Waals surface area contributed by atoms with E-state index in [1.807, 2.05) is 0 Å². The summed E-state index contributed by atoms with van der Waals surface area (Å²) in [7, 11) is -5.10. The molecule has 304 valence electrons.